The quantitative estimate of drug-likeness (QED) is 0.183. The van der Waals surface area contributed by atoms with Crippen molar-refractivity contribution in [3.05, 3.63) is 31.5 Å². The minimum absolute atomic E-state index is 0.0376. The van der Waals surface area contributed by atoms with E-state index in [1.807, 2.05) is 0 Å². The molecule has 0 radical (unpaired) electrons. The second-order valence-electron chi connectivity index (χ2n) is 7.07. The number of nitrogens with zero attached hydrogens (tertiary/aromatic N) is 3. The highest BCUT2D eigenvalue weighted by molar-refractivity contribution is 7.99. The van der Waals surface area contributed by atoms with E-state index in [0.717, 1.165) is 25.9 Å². The fourth-order valence-electron chi connectivity index (χ4n) is 2.55. The lowest BCUT2D eigenvalue weighted by Crippen LogP contribution is -2.55. The molecule has 0 aliphatic rings. The molecule has 0 aromatic carbocycles. The number of methoxy groups -OCH3 is 1. The minimum atomic E-state index is -1.47. The van der Waals surface area contributed by atoms with Gasteiger partial charge in [-0.05, 0) is 0 Å². The second kappa shape index (κ2) is 13.9. The third-order valence-corrected chi connectivity index (χ3v) is 5.55. The maximum absolute atomic E-state index is 12.7. The number of aliphatic hydroxyl groups is 4. The summed E-state index contributed by atoms with van der Waals surface area (Å²) < 4.78 is 11.0. The number of aliphatic hydroxyl groups excluding tert-OH is 4. The highest BCUT2D eigenvalue weighted by Gasteiger charge is 2.19. The molecule has 0 aliphatic heterocycles. The molecular weight excluding hydrogens is 466 g/mol. The summed E-state index contributed by atoms with van der Waals surface area (Å²) in [5.74, 6) is -1.24. The van der Waals surface area contributed by atoms with Gasteiger partial charge in [-0.2, -0.15) is 11.8 Å². The number of hydrogen-bond acceptors (Lipinski definition) is 12. The summed E-state index contributed by atoms with van der Waals surface area (Å²) >= 11 is 1.09. The Bertz CT molecular complexity index is 971. The summed E-state index contributed by atoms with van der Waals surface area (Å²) in [5.41, 5.74) is -3.05. The summed E-state index contributed by atoms with van der Waals surface area (Å²) in [6.07, 6.45) is -4.12. The van der Waals surface area contributed by atoms with Gasteiger partial charge < -0.3 is 29.9 Å². The lowest BCUT2D eigenvalue weighted by molar-refractivity contribution is -0.151. The Morgan fingerprint density at radius 2 is 1.39 bits per heavy atom. The average molecular weight is 496 g/mol. The zero-order chi connectivity index (χ0) is 25.1. The topological polar surface area (TPSA) is 200 Å². The Hall–Kier alpha value is -2.46. The molecule has 1 aromatic rings. The highest BCUT2D eigenvalue weighted by Crippen LogP contribution is 2.06. The van der Waals surface area contributed by atoms with E-state index >= 15 is 0 Å². The van der Waals surface area contributed by atoms with Crippen LogP contribution in [0.5, 0.6) is 0 Å². The van der Waals surface area contributed by atoms with Crippen molar-refractivity contribution in [1.82, 2.24) is 13.7 Å². The van der Waals surface area contributed by atoms with Crippen LogP contribution >= 0.6 is 11.8 Å². The SMILES string of the molecule is COC(=O)CCC(=O)OCC(O)Cn1c(=O)n(C)c(=O)n(CC(O)CSCC(O)CO)c1=O. The van der Waals surface area contributed by atoms with Crippen molar-refractivity contribution in [1.29, 1.82) is 0 Å². The molecule has 15 heteroatoms. The maximum atomic E-state index is 12.7. The van der Waals surface area contributed by atoms with Crippen LogP contribution in [0.4, 0.5) is 0 Å². The monoisotopic (exact) mass is 495 g/mol. The van der Waals surface area contributed by atoms with Gasteiger partial charge in [0.25, 0.3) is 0 Å². The van der Waals surface area contributed by atoms with E-state index in [-0.39, 0.29) is 24.3 Å². The van der Waals surface area contributed by atoms with Gasteiger partial charge >= 0.3 is 29.0 Å². The molecule has 188 valence electrons. The lowest BCUT2D eigenvalue weighted by Gasteiger charge is -2.17. The van der Waals surface area contributed by atoms with E-state index in [0.29, 0.717) is 13.7 Å². The molecule has 0 aliphatic carbocycles. The first-order chi connectivity index (χ1) is 15.5. The predicted molar refractivity (Wildman–Crippen MR) is 115 cm³/mol. The number of rotatable bonds is 14. The van der Waals surface area contributed by atoms with Crippen molar-refractivity contribution >= 4 is 23.7 Å². The van der Waals surface area contributed by atoms with Crippen molar-refractivity contribution in [2.45, 2.75) is 44.2 Å². The molecule has 0 amide bonds. The molecule has 0 saturated carbocycles. The normalized spacial score (nSPS) is 13.9. The van der Waals surface area contributed by atoms with Crippen LogP contribution in [0.15, 0.2) is 14.4 Å². The van der Waals surface area contributed by atoms with Crippen molar-refractivity contribution in [2.24, 2.45) is 7.05 Å². The van der Waals surface area contributed by atoms with Gasteiger partial charge in [-0.25, -0.2) is 28.1 Å². The first-order valence-electron chi connectivity index (χ1n) is 9.87. The van der Waals surface area contributed by atoms with E-state index in [2.05, 4.69) is 4.74 Å². The standard InChI is InChI=1S/C18H29N3O11S/c1-19-16(28)20(5-11(23)8-32-15(27)4-3-14(26)31-2)18(30)21(17(19)29)6-12(24)9-33-10-13(25)7-22/h11-13,22-25H,3-10H2,1-2H3. The number of hydrogen-bond donors (Lipinski definition) is 4. The highest BCUT2D eigenvalue weighted by atomic mass is 32.2. The minimum Gasteiger partial charge on any atom is -0.469 e. The average Bonchev–Trinajstić information content (AvgIpc) is 2.80. The maximum Gasteiger partial charge on any atom is 0.336 e. The number of ether oxygens (including phenoxy) is 2. The summed E-state index contributed by atoms with van der Waals surface area (Å²) in [6, 6.07) is 0. The number of esters is 2. The fraction of sp³-hybridized carbons (Fsp3) is 0.722. The first-order valence-corrected chi connectivity index (χ1v) is 11.0. The Kier molecular flexibility index (Phi) is 12.1. The molecule has 1 aromatic heterocycles. The van der Waals surface area contributed by atoms with Crippen LogP contribution in [-0.2, 0) is 39.2 Å². The van der Waals surface area contributed by atoms with Crippen LogP contribution in [0.3, 0.4) is 0 Å². The smallest absolute Gasteiger partial charge is 0.336 e. The Morgan fingerprint density at radius 3 is 1.94 bits per heavy atom. The summed E-state index contributed by atoms with van der Waals surface area (Å²) in [7, 11) is 2.28. The van der Waals surface area contributed by atoms with Gasteiger partial charge in [0.15, 0.2) is 0 Å². The second-order valence-corrected chi connectivity index (χ2v) is 8.14. The lowest BCUT2D eigenvalue weighted by atomic mass is 10.3. The molecule has 3 atom stereocenters. The predicted octanol–water partition coefficient (Wildman–Crippen LogP) is -3.99. The van der Waals surface area contributed by atoms with Crippen LogP contribution in [0.25, 0.3) is 0 Å². The number of carbonyl (C=O) groups is 2. The molecule has 1 heterocycles. The van der Waals surface area contributed by atoms with Crippen LogP contribution in [-0.4, -0.2) is 96.2 Å². The van der Waals surface area contributed by atoms with Crippen molar-refractivity contribution in [2.75, 3.05) is 31.8 Å². The van der Waals surface area contributed by atoms with Crippen molar-refractivity contribution < 1.29 is 39.5 Å². The molecular formula is C18H29N3O11S. The van der Waals surface area contributed by atoms with Crippen molar-refractivity contribution in [3.8, 4) is 0 Å². The largest absolute Gasteiger partial charge is 0.469 e. The fourth-order valence-corrected chi connectivity index (χ4v) is 3.44. The van der Waals surface area contributed by atoms with Crippen molar-refractivity contribution in [3.63, 3.8) is 0 Å². The van der Waals surface area contributed by atoms with Crippen LogP contribution < -0.4 is 17.1 Å². The molecule has 0 fully saturated rings. The molecule has 4 N–H and O–H groups in total. The van der Waals surface area contributed by atoms with Gasteiger partial charge in [0.05, 0.1) is 51.9 Å². The molecule has 0 spiro atoms. The molecule has 14 nitrogen and oxygen atoms in total. The third-order valence-electron chi connectivity index (χ3n) is 4.31. The Labute approximate surface area is 192 Å². The molecule has 3 unspecified atom stereocenters. The van der Waals surface area contributed by atoms with Crippen LogP contribution in [0.2, 0.25) is 0 Å². The number of carbonyl (C=O) groups excluding carboxylic acids is 2. The zero-order valence-electron chi connectivity index (χ0n) is 18.3. The molecule has 0 bridgehead atoms. The van der Waals surface area contributed by atoms with Gasteiger partial charge in [0.1, 0.15) is 12.7 Å². The Morgan fingerprint density at radius 1 is 0.879 bits per heavy atom. The van der Waals surface area contributed by atoms with Crippen LogP contribution in [0.1, 0.15) is 12.8 Å². The van der Waals surface area contributed by atoms with E-state index in [1.165, 1.54) is 0 Å². The van der Waals surface area contributed by atoms with E-state index in [9.17, 15) is 39.3 Å². The van der Waals surface area contributed by atoms with Gasteiger partial charge in [0.2, 0.25) is 0 Å². The third kappa shape index (κ3) is 9.13. The summed E-state index contributed by atoms with van der Waals surface area (Å²) in [4.78, 5) is 59.9. The molecule has 0 saturated heterocycles. The Balaban J connectivity index is 2.85. The van der Waals surface area contributed by atoms with Gasteiger partial charge in [-0.3, -0.25) is 9.59 Å². The number of aromatic nitrogens is 3. The van der Waals surface area contributed by atoms with Gasteiger partial charge in [-0.15, -0.1) is 0 Å². The molecule has 33 heavy (non-hydrogen) atoms. The number of thioether (sulfide) groups is 1. The first kappa shape index (κ1) is 28.6. The zero-order valence-corrected chi connectivity index (χ0v) is 19.1. The van der Waals surface area contributed by atoms with E-state index in [4.69, 9.17) is 9.84 Å². The van der Waals surface area contributed by atoms with Gasteiger partial charge in [0, 0.05) is 18.6 Å². The molecule has 1 rings (SSSR count). The summed E-state index contributed by atoms with van der Waals surface area (Å²) in [6.45, 7) is -2.06. The van der Waals surface area contributed by atoms with E-state index < -0.39 is 73.6 Å². The van der Waals surface area contributed by atoms with Gasteiger partial charge in [-0.1, -0.05) is 0 Å². The van der Waals surface area contributed by atoms with E-state index in [1.54, 1.807) is 0 Å². The summed E-state index contributed by atoms with van der Waals surface area (Å²) in [5, 5.41) is 38.3. The van der Waals surface area contributed by atoms with Crippen LogP contribution in [0, 0.1) is 0 Å².